The van der Waals surface area contributed by atoms with E-state index in [4.69, 9.17) is 4.74 Å². The van der Waals surface area contributed by atoms with Gasteiger partial charge in [0.05, 0.1) is 7.11 Å². The van der Waals surface area contributed by atoms with E-state index < -0.39 is 0 Å². The number of aromatic hydroxyl groups is 1. The van der Waals surface area contributed by atoms with Gasteiger partial charge in [-0.25, -0.2) is 0 Å². The summed E-state index contributed by atoms with van der Waals surface area (Å²) < 4.78 is 5.39. The number of hydrogen-bond donors (Lipinski definition) is 1. The van der Waals surface area contributed by atoms with Crippen molar-refractivity contribution in [3.05, 3.63) is 94.5 Å². The van der Waals surface area contributed by atoms with Crippen molar-refractivity contribution in [1.29, 1.82) is 0 Å². The first kappa shape index (κ1) is 17.1. The number of allylic oxidation sites excluding steroid dienone is 2. The predicted molar refractivity (Wildman–Crippen MR) is 107 cm³/mol. The number of fused-ring (bicyclic) bond motifs is 1. The van der Waals surface area contributed by atoms with E-state index in [2.05, 4.69) is 12.1 Å². The number of ether oxygens (including phenoxy) is 1. The molecule has 0 heterocycles. The monoisotopic (exact) mass is 356 g/mol. The molecular formula is C24H20O3. The maximum absolute atomic E-state index is 11.0. The molecule has 1 aliphatic rings. The lowest BCUT2D eigenvalue weighted by Crippen LogP contribution is -1.93. The quantitative estimate of drug-likeness (QED) is 0.660. The number of carbonyl (C=O) groups is 1. The summed E-state index contributed by atoms with van der Waals surface area (Å²) in [5.41, 5.74) is 7.98. The van der Waals surface area contributed by atoms with E-state index in [0.29, 0.717) is 5.56 Å². The minimum atomic E-state index is 0.272. The van der Waals surface area contributed by atoms with Crippen LogP contribution in [-0.2, 0) is 12.8 Å². The Hall–Kier alpha value is -3.33. The first-order valence-corrected chi connectivity index (χ1v) is 8.91. The van der Waals surface area contributed by atoms with Gasteiger partial charge in [0.2, 0.25) is 0 Å². The van der Waals surface area contributed by atoms with Crippen molar-refractivity contribution in [2.24, 2.45) is 0 Å². The number of hydrogen-bond acceptors (Lipinski definition) is 3. The van der Waals surface area contributed by atoms with E-state index in [1.165, 1.54) is 22.3 Å². The summed E-state index contributed by atoms with van der Waals surface area (Å²) in [7, 11) is 1.68. The summed E-state index contributed by atoms with van der Waals surface area (Å²) in [4.78, 5) is 11.0. The van der Waals surface area contributed by atoms with Gasteiger partial charge in [-0.1, -0.05) is 42.5 Å². The Morgan fingerprint density at radius 1 is 1.00 bits per heavy atom. The van der Waals surface area contributed by atoms with Crippen LogP contribution in [0.4, 0.5) is 0 Å². The van der Waals surface area contributed by atoms with Gasteiger partial charge in [0, 0.05) is 5.56 Å². The van der Waals surface area contributed by atoms with E-state index in [-0.39, 0.29) is 5.75 Å². The van der Waals surface area contributed by atoms with Gasteiger partial charge in [-0.15, -0.1) is 0 Å². The molecule has 27 heavy (non-hydrogen) atoms. The third-order valence-electron chi connectivity index (χ3n) is 5.08. The molecule has 0 spiro atoms. The molecule has 0 unspecified atom stereocenters. The molecule has 134 valence electrons. The number of rotatable bonds is 5. The molecule has 1 aliphatic carbocycles. The highest BCUT2D eigenvalue weighted by Gasteiger charge is 2.23. The molecule has 0 amide bonds. The Bertz CT molecular complexity index is 1010. The van der Waals surface area contributed by atoms with Gasteiger partial charge in [-0.3, -0.25) is 4.79 Å². The van der Waals surface area contributed by atoms with Crippen molar-refractivity contribution in [1.82, 2.24) is 0 Å². The lowest BCUT2D eigenvalue weighted by Gasteiger charge is -2.10. The molecule has 1 N–H and O–H groups in total. The zero-order chi connectivity index (χ0) is 18.8. The third-order valence-corrected chi connectivity index (χ3v) is 5.08. The van der Waals surface area contributed by atoms with Crippen LogP contribution < -0.4 is 4.74 Å². The van der Waals surface area contributed by atoms with Crippen LogP contribution in [0.15, 0.2) is 66.7 Å². The molecule has 0 atom stereocenters. The van der Waals surface area contributed by atoms with Crippen molar-refractivity contribution < 1.29 is 14.6 Å². The summed E-state index contributed by atoms with van der Waals surface area (Å²) >= 11 is 0. The number of phenols is 1. The lowest BCUT2D eigenvalue weighted by molar-refractivity contribution is 0.112. The topological polar surface area (TPSA) is 46.5 Å². The van der Waals surface area contributed by atoms with Gasteiger partial charge in [-0.05, 0) is 70.5 Å². The molecule has 0 saturated heterocycles. The number of aldehydes is 1. The first-order chi connectivity index (χ1) is 13.2. The van der Waals surface area contributed by atoms with Crippen LogP contribution >= 0.6 is 0 Å². The molecule has 0 bridgehead atoms. The second-order valence-electron chi connectivity index (χ2n) is 6.74. The Labute approximate surface area is 158 Å². The molecule has 3 aromatic rings. The van der Waals surface area contributed by atoms with Gasteiger partial charge >= 0.3 is 0 Å². The molecular weight excluding hydrogens is 336 g/mol. The van der Waals surface area contributed by atoms with Gasteiger partial charge in [-0.2, -0.15) is 0 Å². The summed E-state index contributed by atoms with van der Waals surface area (Å²) in [5, 5.41) is 9.56. The molecule has 0 aromatic heterocycles. The zero-order valence-electron chi connectivity index (χ0n) is 15.1. The van der Waals surface area contributed by atoms with Gasteiger partial charge < -0.3 is 9.84 Å². The fourth-order valence-corrected chi connectivity index (χ4v) is 3.66. The molecule has 0 radical (unpaired) electrons. The molecule has 4 rings (SSSR count). The second-order valence-corrected chi connectivity index (χ2v) is 6.74. The van der Waals surface area contributed by atoms with Crippen LogP contribution in [0.3, 0.4) is 0 Å². The van der Waals surface area contributed by atoms with E-state index in [1.807, 2.05) is 42.5 Å². The summed E-state index contributed by atoms with van der Waals surface area (Å²) in [5.74, 6) is 1.13. The fraction of sp³-hybridized carbons (Fsp3) is 0.125. The normalized spacial score (nSPS) is 12.8. The van der Waals surface area contributed by atoms with Crippen molar-refractivity contribution in [3.8, 4) is 11.5 Å². The SMILES string of the molecule is COc1ccc2c(c1)CC(c1ccc(C=O)cc1)=C2Cc1ccc(O)cc1. The van der Waals surface area contributed by atoms with E-state index in [1.54, 1.807) is 19.2 Å². The zero-order valence-corrected chi connectivity index (χ0v) is 15.1. The highest BCUT2D eigenvalue weighted by atomic mass is 16.5. The Kier molecular flexibility index (Phi) is 4.51. The minimum absolute atomic E-state index is 0.272. The second kappa shape index (κ2) is 7.12. The summed E-state index contributed by atoms with van der Waals surface area (Å²) in [6.45, 7) is 0. The Balaban J connectivity index is 1.79. The Morgan fingerprint density at radius 3 is 2.41 bits per heavy atom. The van der Waals surface area contributed by atoms with Crippen LogP contribution in [0.5, 0.6) is 11.5 Å². The molecule has 3 heteroatoms. The van der Waals surface area contributed by atoms with Gasteiger partial charge in [0.25, 0.3) is 0 Å². The first-order valence-electron chi connectivity index (χ1n) is 8.91. The highest BCUT2D eigenvalue weighted by Crippen LogP contribution is 2.41. The van der Waals surface area contributed by atoms with Crippen LogP contribution in [0.2, 0.25) is 0 Å². The summed E-state index contributed by atoms with van der Waals surface area (Å²) in [6, 6.07) is 21.3. The van der Waals surface area contributed by atoms with Crippen LogP contribution in [-0.4, -0.2) is 18.5 Å². The van der Waals surface area contributed by atoms with Crippen molar-refractivity contribution >= 4 is 17.4 Å². The van der Waals surface area contributed by atoms with E-state index in [9.17, 15) is 9.90 Å². The van der Waals surface area contributed by atoms with Crippen molar-refractivity contribution in [3.63, 3.8) is 0 Å². The molecule has 3 aromatic carbocycles. The minimum Gasteiger partial charge on any atom is -0.508 e. The maximum atomic E-state index is 11.0. The highest BCUT2D eigenvalue weighted by molar-refractivity contribution is 5.98. The van der Waals surface area contributed by atoms with Crippen LogP contribution in [0.25, 0.3) is 11.1 Å². The average molecular weight is 356 g/mol. The van der Waals surface area contributed by atoms with E-state index >= 15 is 0 Å². The molecule has 0 aliphatic heterocycles. The largest absolute Gasteiger partial charge is 0.508 e. The maximum Gasteiger partial charge on any atom is 0.150 e. The van der Waals surface area contributed by atoms with Gasteiger partial charge in [0.1, 0.15) is 17.8 Å². The number of methoxy groups -OCH3 is 1. The lowest BCUT2D eigenvalue weighted by atomic mass is 9.94. The standard InChI is InChI=1S/C24H20O3/c1-27-21-10-11-22-19(13-21)14-23(18-6-2-17(15-25)3-7-18)24(22)12-16-4-8-20(26)9-5-16/h2-11,13,15,26H,12,14H2,1H3. The Morgan fingerprint density at radius 2 is 1.74 bits per heavy atom. The summed E-state index contributed by atoms with van der Waals surface area (Å²) in [6.07, 6.45) is 2.48. The van der Waals surface area contributed by atoms with Crippen molar-refractivity contribution in [2.45, 2.75) is 12.8 Å². The fourth-order valence-electron chi connectivity index (χ4n) is 3.66. The van der Waals surface area contributed by atoms with Crippen molar-refractivity contribution in [2.75, 3.05) is 7.11 Å². The smallest absolute Gasteiger partial charge is 0.150 e. The third kappa shape index (κ3) is 3.36. The average Bonchev–Trinajstić information content (AvgIpc) is 3.07. The number of carbonyl (C=O) groups excluding carboxylic acids is 1. The number of benzene rings is 3. The van der Waals surface area contributed by atoms with Crippen LogP contribution in [0, 0.1) is 0 Å². The predicted octanol–water partition coefficient (Wildman–Crippen LogP) is 4.92. The molecule has 3 nitrogen and oxygen atoms in total. The molecule has 0 saturated carbocycles. The number of phenolic OH excluding ortho intramolecular Hbond substituents is 1. The van der Waals surface area contributed by atoms with Gasteiger partial charge in [0.15, 0.2) is 0 Å². The van der Waals surface area contributed by atoms with Crippen LogP contribution in [0.1, 0.15) is 32.6 Å². The van der Waals surface area contributed by atoms with E-state index in [0.717, 1.165) is 36.0 Å². The molecule has 0 fully saturated rings.